The highest BCUT2D eigenvalue weighted by Crippen LogP contribution is 2.22. The second kappa shape index (κ2) is 5.62. The summed E-state index contributed by atoms with van der Waals surface area (Å²) < 4.78 is 5.16. The van der Waals surface area contributed by atoms with E-state index in [0.29, 0.717) is 0 Å². The van der Waals surface area contributed by atoms with Crippen LogP contribution in [0.3, 0.4) is 0 Å². The van der Waals surface area contributed by atoms with Crippen LogP contribution in [0.4, 0.5) is 0 Å². The van der Waals surface area contributed by atoms with Crippen LogP contribution in [-0.4, -0.2) is 25.1 Å². The lowest BCUT2D eigenvalue weighted by Crippen LogP contribution is -2.48. The summed E-state index contributed by atoms with van der Waals surface area (Å²) in [4.78, 5) is 23.9. The van der Waals surface area contributed by atoms with Gasteiger partial charge in [-0.1, -0.05) is 38.9 Å². The van der Waals surface area contributed by atoms with Gasteiger partial charge in [0.15, 0.2) is 0 Å². The molecule has 0 aliphatic carbocycles. The van der Waals surface area contributed by atoms with Crippen molar-refractivity contribution < 1.29 is 14.3 Å². The molecule has 0 saturated carbocycles. The standard InChI is InChI=1S/C12H24O3Si/c1-7-16(8-2,9-3)11(14)10(13)15-12(4,5)6/h7-9H2,1-6H3. The van der Waals surface area contributed by atoms with Gasteiger partial charge in [0.05, 0.1) is 0 Å². The summed E-state index contributed by atoms with van der Waals surface area (Å²) in [6.07, 6.45) is 0. The fraction of sp³-hybridized carbons (Fsp3) is 0.833. The minimum atomic E-state index is -2.10. The van der Waals surface area contributed by atoms with Gasteiger partial charge < -0.3 is 4.74 Å². The summed E-state index contributed by atoms with van der Waals surface area (Å²) in [6.45, 7) is 11.4. The Morgan fingerprint density at radius 1 is 1.00 bits per heavy atom. The molecule has 4 heteroatoms. The fourth-order valence-electron chi connectivity index (χ4n) is 1.77. The molecule has 0 aromatic heterocycles. The third-order valence-corrected chi connectivity index (χ3v) is 8.32. The zero-order chi connectivity index (χ0) is 13.0. The summed E-state index contributed by atoms with van der Waals surface area (Å²) >= 11 is 0. The van der Waals surface area contributed by atoms with Crippen molar-refractivity contribution in [1.82, 2.24) is 0 Å². The van der Waals surface area contributed by atoms with Gasteiger partial charge in [0.2, 0.25) is 5.41 Å². The van der Waals surface area contributed by atoms with Crippen LogP contribution in [0, 0.1) is 0 Å². The number of carbonyl (C=O) groups excluding carboxylic acids is 2. The van der Waals surface area contributed by atoms with Gasteiger partial charge in [0.1, 0.15) is 13.7 Å². The van der Waals surface area contributed by atoms with Gasteiger partial charge in [0, 0.05) is 0 Å². The van der Waals surface area contributed by atoms with Gasteiger partial charge in [-0.3, -0.25) is 4.79 Å². The number of ether oxygens (including phenoxy) is 1. The van der Waals surface area contributed by atoms with Gasteiger partial charge >= 0.3 is 5.97 Å². The van der Waals surface area contributed by atoms with Crippen LogP contribution in [0.5, 0.6) is 0 Å². The average Bonchev–Trinajstić information content (AvgIpc) is 2.18. The van der Waals surface area contributed by atoms with Gasteiger partial charge in [-0.25, -0.2) is 4.79 Å². The SMILES string of the molecule is CC[Si](CC)(CC)C(=O)C(=O)OC(C)(C)C. The van der Waals surface area contributed by atoms with E-state index in [1.807, 2.05) is 20.8 Å². The smallest absolute Gasteiger partial charge is 0.369 e. The maximum atomic E-state index is 12.1. The Morgan fingerprint density at radius 2 is 1.38 bits per heavy atom. The van der Waals surface area contributed by atoms with Crippen molar-refractivity contribution >= 4 is 19.4 Å². The summed E-state index contributed by atoms with van der Waals surface area (Å²) in [5.74, 6) is -0.635. The first-order valence-corrected chi connectivity index (χ1v) is 8.62. The lowest BCUT2D eigenvalue weighted by Gasteiger charge is -2.27. The van der Waals surface area contributed by atoms with Crippen molar-refractivity contribution in [2.75, 3.05) is 0 Å². The van der Waals surface area contributed by atoms with E-state index < -0.39 is 19.6 Å². The van der Waals surface area contributed by atoms with Crippen LogP contribution >= 0.6 is 0 Å². The van der Waals surface area contributed by atoms with E-state index in [4.69, 9.17) is 4.74 Å². The number of esters is 1. The van der Waals surface area contributed by atoms with Crippen LogP contribution in [0.15, 0.2) is 0 Å². The molecular formula is C12H24O3Si. The molecule has 0 rings (SSSR count). The van der Waals surface area contributed by atoms with Gasteiger partial charge in [-0.05, 0) is 20.8 Å². The molecule has 0 N–H and O–H groups in total. The predicted octanol–water partition coefficient (Wildman–Crippen LogP) is 2.94. The first-order valence-electron chi connectivity index (χ1n) is 6.00. The number of hydrogen-bond acceptors (Lipinski definition) is 3. The van der Waals surface area contributed by atoms with Crippen molar-refractivity contribution in [3.8, 4) is 0 Å². The topological polar surface area (TPSA) is 43.4 Å². The van der Waals surface area contributed by atoms with Crippen molar-refractivity contribution in [1.29, 1.82) is 0 Å². The molecule has 0 radical (unpaired) electrons. The van der Waals surface area contributed by atoms with Crippen LogP contribution in [-0.2, 0) is 14.3 Å². The Kier molecular flexibility index (Phi) is 5.39. The number of hydrogen-bond donors (Lipinski definition) is 0. The third kappa shape index (κ3) is 3.74. The lowest BCUT2D eigenvalue weighted by molar-refractivity contribution is -0.159. The average molecular weight is 244 g/mol. The minimum Gasteiger partial charge on any atom is -0.455 e. The maximum Gasteiger partial charge on any atom is 0.369 e. The molecule has 0 spiro atoms. The highest BCUT2D eigenvalue weighted by molar-refractivity contribution is 7.13. The van der Waals surface area contributed by atoms with E-state index >= 15 is 0 Å². The molecule has 0 fully saturated rings. The fourth-order valence-corrected chi connectivity index (χ4v) is 4.72. The van der Waals surface area contributed by atoms with Gasteiger partial charge in [-0.2, -0.15) is 0 Å². The summed E-state index contributed by atoms with van der Waals surface area (Å²) in [7, 11) is -2.10. The van der Waals surface area contributed by atoms with E-state index in [9.17, 15) is 9.59 Å². The molecule has 0 aromatic rings. The van der Waals surface area contributed by atoms with Gasteiger partial charge in [0.25, 0.3) is 0 Å². The third-order valence-electron chi connectivity index (χ3n) is 3.10. The summed E-state index contributed by atoms with van der Waals surface area (Å²) in [5, 5.41) is -0.241. The first-order chi connectivity index (χ1) is 7.22. The molecule has 0 atom stereocenters. The van der Waals surface area contributed by atoms with Crippen molar-refractivity contribution in [3.05, 3.63) is 0 Å². The van der Waals surface area contributed by atoms with Crippen molar-refractivity contribution in [2.45, 2.75) is 65.3 Å². The van der Waals surface area contributed by atoms with Crippen molar-refractivity contribution in [3.63, 3.8) is 0 Å². The quantitative estimate of drug-likeness (QED) is 0.424. The second-order valence-corrected chi connectivity index (χ2v) is 10.3. The Balaban J connectivity index is 4.83. The highest BCUT2D eigenvalue weighted by Gasteiger charge is 2.41. The Hall–Kier alpha value is -0.643. The maximum absolute atomic E-state index is 12.1. The van der Waals surface area contributed by atoms with E-state index in [1.54, 1.807) is 20.8 Å². The van der Waals surface area contributed by atoms with Gasteiger partial charge in [-0.15, -0.1) is 0 Å². The number of carbonyl (C=O) groups is 2. The normalized spacial score (nSPS) is 12.4. The minimum absolute atomic E-state index is 0.241. The lowest BCUT2D eigenvalue weighted by atomic mass is 10.2. The predicted molar refractivity (Wildman–Crippen MR) is 68.0 cm³/mol. The van der Waals surface area contributed by atoms with E-state index in [2.05, 4.69) is 0 Å². The van der Waals surface area contributed by atoms with Crippen LogP contribution in [0.25, 0.3) is 0 Å². The van der Waals surface area contributed by atoms with Crippen LogP contribution in [0.1, 0.15) is 41.5 Å². The second-order valence-electron chi connectivity index (χ2n) is 5.17. The molecule has 0 amide bonds. The van der Waals surface area contributed by atoms with Crippen LogP contribution in [0.2, 0.25) is 18.1 Å². The largest absolute Gasteiger partial charge is 0.455 e. The molecule has 0 aliphatic heterocycles. The molecule has 0 saturated heterocycles. The molecule has 16 heavy (non-hydrogen) atoms. The summed E-state index contributed by atoms with van der Waals surface area (Å²) in [6, 6.07) is 2.45. The molecule has 94 valence electrons. The molecule has 0 aromatic carbocycles. The Morgan fingerprint density at radius 3 is 1.62 bits per heavy atom. The molecule has 0 aliphatic rings. The number of rotatable bonds is 5. The summed E-state index contributed by atoms with van der Waals surface area (Å²) in [5.41, 5.74) is -0.581. The molecular weight excluding hydrogens is 220 g/mol. The molecule has 0 heterocycles. The highest BCUT2D eigenvalue weighted by atomic mass is 28.3. The Labute approximate surface area is 99.6 Å². The van der Waals surface area contributed by atoms with E-state index in [1.165, 1.54) is 0 Å². The van der Waals surface area contributed by atoms with Crippen molar-refractivity contribution in [2.24, 2.45) is 0 Å². The molecule has 0 bridgehead atoms. The Bertz CT molecular complexity index is 254. The van der Waals surface area contributed by atoms with E-state index in [-0.39, 0.29) is 5.41 Å². The molecule has 3 nitrogen and oxygen atoms in total. The monoisotopic (exact) mass is 244 g/mol. The zero-order valence-electron chi connectivity index (χ0n) is 11.3. The van der Waals surface area contributed by atoms with Crippen LogP contribution < -0.4 is 0 Å². The molecule has 0 unspecified atom stereocenters. The first kappa shape index (κ1) is 15.4. The zero-order valence-corrected chi connectivity index (χ0v) is 12.3. The van der Waals surface area contributed by atoms with E-state index in [0.717, 1.165) is 18.1 Å².